The lowest BCUT2D eigenvalue weighted by Gasteiger charge is -2.19. The van der Waals surface area contributed by atoms with Crippen LogP contribution in [0.1, 0.15) is 45.7 Å². The van der Waals surface area contributed by atoms with Gasteiger partial charge >= 0.3 is 0 Å². The van der Waals surface area contributed by atoms with Crippen molar-refractivity contribution in [3.8, 4) is 5.75 Å². The topological polar surface area (TPSA) is 35.2 Å². The van der Waals surface area contributed by atoms with Crippen LogP contribution in [0.25, 0.3) is 0 Å². The molecule has 1 rings (SSSR count). The van der Waals surface area contributed by atoms with Gasteiger partial charge in [0.2, 0.25) is 0 Å². The number of hydrogen-bond donors (Lipinski definition) is 1. The normalized spacial score (nSPS) is 14.9. The van der Waals surface area contributed by atoms with Crippen molar-refractivity contribution in [3.63, 3.8) is 0 Å². The molecule has 0 radical (unpaired) electrons. The van der Waals surface area contributed by atoms with Gasteiger partial charge in [-0.05, 0) is 37.5 Å². The number of nitrogens with two attached hydrogens (primary N) is 1. The van der Waals surface area contributed by atoms with E-state index in [9.17, 15) is 0 Å². The molecule has 0 saturated carbocycles. The van der Waals surface area contributed by atoms with Gasteiger partial charge in [-0.3, -0.25) is 0 Å². The van der Waals surface area contributed by atoms with Crippen LogP contribution in [-0.4, -0.2) is 6.10 Å². The minimum absolute atomic E-state index is 0.123. The van der Waals surface area contributed by atoms with Crippen molar-refractivity contribution in [3.05, 3.63) is 29.8 Å². The molecule has 0 aliphatic carbocycles. The van der Waals surface area contributed by atoms with Crippen LogP contribution >= 0.6 is 0 Å². The van der Waals surface area contributed by atoms with Gasteiger partial charge in [0.1, 0.15) is 5.75 Å². The van der Waals surface area contributed by atoms with Gasteiger partial charge in [-0.1, -0.05) is 32.4 Å². The molecule has 2 atom stereocenters. The summed E-state index contributed by atoms with van der Waals surface area (Å²) < 4.78 is 5.59. The van der Waals surface area contributed by atoms with Gasteiger partial charge in [-0.15, -0.1) is 0 Å². The molecule has 2 nitrogen and oxygen atoms in total. The predicted octanol–water partition coefficient (Wildman–Crippen LogP) is 3.52. The van der Waals surface area contributed by atoms with Crippen LogP contribution in [0.3, 0.4) is 0 Å². The van der Waals surface area contributed by atoms with Gasteiger partial charge in [-0.25, -0.2) is 0 Å². The highest BCUT2D eigenvalue weighted by molar-refractivity contribution is 5.29. The Morgan fingerprint density at radius 1 is 1.12 bits per heavy atom. The number of benzene rings is 1. The molecule has 0 spiro atoms. The molecule has 0 amide bonds. The Morgan fingerprint density at radius 2 is 1.69 bits per heavy atom. The summed E-state index contributed by atoms with van der Waals surface area (Å²) in [5, 5.41) is 0. The Balaban J connectivity index is 2.70. The maximum Gasteiger partial charge on any atom is 0.119 e. The second-order valence-electron chi connectivity index (χ2n) is 4.65. The first kappa shape index (κ1) is 13.0. The molecule has 2 N–H and O–H groups in total. The summed E-state index contributed by atoms with van der Waals surface area (Å²) in [5.41, 5.74) is 7.35. The second-order valence-corrected chi connectivity index (χ2v) is 4.65. The Morgan fingerprint density at radius 3 is 2.12 bits per heavy atom. The molecule has 0 aromatic heterocycles. The third-order valence-corrected chi connectivity index (χ3v) is 2.89. The molecule has 0 heterocycles. The third kappa shape index (κ3) is 3.53. The number of rotatable bonds is 5. The summed E-state index contributed by atoms with van der Waals surface area (Å²) in [5.74, 6) is 1.42. The number of hydrogen-bond acceptors (Lipinski definition) is 2. The fraction of sp³-hybridized carbons (Fsp3) is 0.571. The van der Waals surface area contributed by atoms with Crippen LogP contribution < -0.4 is 10.5 Å². The standard InChI is InChI=1S/C14H23NO/c1-5-11(4)14(15)12-6-8-13(9-7-12)16-10(2)3/h6-11,14H,5,15H2,1-4H3/t11?,14-/m0/s1. The molecule has 0 aliphatic heterocycles. The Bertz CT molecular complexity index is 305. The lowest BCUT2D eigenvalue weighted by atomic mass is 9.93. The van der Waals surface area contributed by atoms with Crippen molar-refractivity contribution in [2.45, 2.75) is 46.3 Å². The average molecular weight is 221 g/mol. The van der Waals surface area contributed by atoms with Gasteiger partial charge in [0.15, 0.2) is 0 Å². The van der Waals surface area contributed by atoms with Crippen molar-refractivity contribution < 1.29 is 4.74 Å². The lowest BCUT2D eigenvalue weighted by Crippen LogP contribution is -2.18. The maximum atomic E-state index is 6.16. The van der Waals surface area contributed by atoms with Crippen LogP contribution in [0.4, 0.5) is 0 Å². The van der Waals surface area contributed by atoms with E-state index in [1.165, 1.54) is 5.56 Å². The van der Waals surface area contributed by atoms with Crippen LogP contribution in [0.15, 0.2) is 24.3 Å². The molecule has 0 fully saturated rings. The van der Waals surface area contributed by atoms with Gasteiger partial charge in [0.05, 0.1) is 6.10 Å². The zero-order valence-electron chi connectivity index (χ0n) is 10.7. The molecular formula is C14H23NO. The Kier molecular flexibility index (Phi) is 4.81. The second kappa shape index (κ2) is 5.90. The van der Waals surface area contributed by atoms with Gasteiger partial charge in [0.25, 0.3) is 0 Å². The van der Waals surface area contributed by atoms with Crippen LogP contribution in [0, 0.1) is 5.92 Å². The van der Waals surface area contributed by atoms with E-state index in [1.807, 2.05) is 26.0 Å². The minimum atomic E-state index is 0.123. The highest BCUT2D eigenvalue weighted by atomic mass is 16.5. The van der Waals surface area contributed by atoms with Crippen LogP contribution in [0.5, 0.6) is 5.75 Å². The largest absolute Gasteiger partial charge is 0.491 e. The van der Waals surface area contributed by atoms with E-state index < -0.39 is 0 Å². The van der Waals surface area contributed by atoms with E-state index in [0.29, 0.717) is 5.92 Å². The summed E-state index contributed by atoms with van der Waals surface area (Å²) in [6, 6.07) is 8.25. The van der Waals surface area contributed by atoms with E-state index in [0.717, 1.165) is 12.2 Å². The average Bonchev–Trinajstić information content (AvgIpc) is 2.27. The van der Waals surface area contributed by atoms with Crippen LogP contribution in [0.2, 0.25) is 0 Å². The zero-order valence-corrected chi connectivity index (χ0v) is 10.7. The SMILES string of the molecule is CCC(C)[C@H](N)c1ccc(OC(C)C)cc1. The molecule has 0 aliphatic rings. The Hall–Kier alpha value is -1.02. The molecule has 0 saturated heterocycles. The van der Waals surface area contributed by atoms with Gasteiger partial charge in [0, 0.05) is 6.04 Å². The molecule has 0 bridgehead atoms. The summed E-state index contributed by atoms with van der Waals surface area (Å²) in [6.07, 6.45) is 1.32. The van der Waals surface area contributed by atoms with Crippen LogP contribution in [-0.2, 0) is 0 Å². The van der Waals surface area contributed by atoms with E-state index >= 15 is 0 Å². The molecule has 1 unspecified atom stereocenters. The number of ether oxygens (including phenoxy) is 1. The first-order valence-electron chi connectivity index (χ1n) is 6.06. The predicted molar refractivity (Wildman–Crippen MR) is 68.6 cm³/mol. The highest BCUT2D eigenvalue weighted by Crippen LogP contribution is 2.24. The van der Waals surface area contributed by atoms with E-state index in [-0.39, 0.29) is 12.1 Å². The molecule has 16 heavy (non-hydrogen) atoms. The molecule has 1 aromatic rings. The fourth-order valence-corrected chi connectivity index (χ4v) is 1.62. The van der Waals surface area contributed by atoms with E-state index in [2.05, 4.69) is 26.0 Å². The fourth-order valence-electron chi connectivity index (χ4n) is 1.62. The maximum absolute atomic E-state index is 6.16. The van der Waals surface area contributed by atoms with Gasteiger partial charge in [-0.2, -0.15) is 0 Å². The third-order valence-electron chi connectivity index (χ3n) is 2.89. The summed E-state index contributed by atoms with van der Waals surface area (Å²) >= 11 is 0. The van der Waals surface area contributed by atoms with Gasteiger partial charge < -0.3 is 10.5 Å². The first-order chi connectivity index (χ1) is 7.54. The molecular weight excluding hydrogens is 198 g/mol. The first-order valence-corrected chi connectivity index (χ1v) is 6.06. The minimum Gasteiger partial charge on any atom is -0.491 e. The molecule has 90 valence electrons. The zero-order chi connectivity index (χ0) is 12.1. The summed E-state index contributed by atoms with van der Waals surface area (Å²) in [6.45, 7) is 8.40. The molecule has 2 heteroatoms. The van der Waals surface area contributed by atoms with E-state index in [4.69, 9.17) is 10.5 Å². The summed E-state index contributed by atoms with van der Waals surface area (Å²) in [4.78, 5) is 0. The van der Waals surface area contributed by atoms with Crippen molar-refractivity contribution in [2.75, 3.05) is 0 Å². The van der Waals surface area contributed by atoms with Crippen molar-refractivity contribution in [1.82, 2.24) is 0 Å². The highest BCUT2D eigenvalue weighted by Gasteiger charge is 2.12. The van der Waals surface area contributed by atoms with Crippen molar-refractivity contribution in [2.24, 2.45) is 11.7 Å². The monoisotopic (exact) mass is 221 g/mol. The Labute approximate surface area is 98.8 Å². The van der Waals surface area contributed by atoms with E-state index in [1.54, 1.807) is 0 Å². The smallest absolute Gasteiger partial charge is 0.119 e. The van der Waals surface area contributed by atoms with Crippen molar-refractivity contribution >= 4 is 0 Å². The lowest BCUT2D eigenvalue weighted by molar-refractivity contribution is 0.242. The summed E-state index contributed by atoms with van der Waals surface area (Å²) in [7, 11) is 0. The molecule has 1 aromatic carbocycles. The quantitative estimate of drug-likeness (QED) is 0.825. The van der Waals surface area contributed by atoms with Crippen molar-refractivity contribution in [1.29, 1.82) is 0 Å².